The van der Waals surface area contributed by atoms with Crippen LogP contribution < -0.4 is 9.47 Å². The molecule has 0 amide bonds. The average molecular weight is 306 g/mol. The molecule has 0 fully saturated rings. The summed E-state index contributed by atoms with van der Waals surface area (Å²) >= 11 is 0. The van der Waals surface area contributed by atoms with Gasteiger partial charge >= 0.3 is 0 Å². The Kier molecular flexibility index (Phi) is 3.98. The summed E-state index contributed by atoms with van der Waals surface area (Å²) in [5.74, 6) is 1.58. The molecule has 0 N–H and O–H groups in total. The van der Waals surface area contributed by atoms with Gasteiger partial charge in [0.1, 0.15) is 28.7 Å². The molecule has 0 spiro atoms. The summed E-state index contributed by atoms with van der Waals surface area (Å²) in [6, 6.07) is 14.9. The zero-order chi connectivity index (χ0) is 16.2. The van der Waals surface area contributed by atoms with Gasteiger partial charge in [0.2, 0.25) is 5.89 Å². The van der Waals surface area contributed by atoms with E-state index in [0.29, 0.717) is 33.7 Å². The van der Waals surface area contributed by atoms with Crippen molar-refractivity contribution in [2.75, 3.05) is 14.2 Å². The first-order chi connectivity index (χ1) is 11.2. The number of ether oxygens (including phenoxy) is 2. The topological polar surface area (TPSA) is 68.3 Å². The molecule has 1 aromatic heterocycles. The van der Waals surface area contributed by atoms with Crippen LogP contribution in [0.25, 0.3) is 22.7 Å². The molecule has 0 saturated heterocycles. The van der Waals surface area contributed by atoms with Crippen molar-refractivity contribution in [2.45, 2.75) is 0 Å². The number of para-hydroxylation sites is 2. The third-order valence-corrected chi connectivity index (χ3v) is 3.38. The average Bonchev–Trinajstić information content (AvgIpc) is 3.03. The summed E-state index contributed by atoms with van der Waals surface area (Å²) in [7, 11) is 3.16. The van der Waals surface area contributed by atoms with Gasteiger partial charge in [0.15, 0.2) is 5.58 Å². The van der Waals surface area contributed by atoms with E-state index < -0.39 is 0 Å². The van der Waals surface area contributed by atoms with E-state index in [1.807, 2.05) is 24.3 Å². The van der Waals surface area contributed by atoms with Gasteiger partial charge in [-0.2, -0.15) is 5.26 Å². The third-order valence-electron chi connectivity index (χ3n) is 3.38. The molecule has 0 aliphatic rings. The number of benzene rings is 2. The molecule has 114 valence electrons. The number of hydrogen-bond acceptors (Lipinski definition) is 5. The second kappa shape index (κ2) is 6.24. The second-order valence-corrected chi connectivity index (χ2v) is 4.76. The van der Waals surface area contributed by atoms with Gasteiger partial charge in [-0.05, 0) is 36.4 Å². The Balaban J connectivity index is 2.10. The molecule has 1 heterocycles. The second-order valence-electron chi connectivity index (χ2n) is 4.76. The van der Waals surface area contributed by atoms with Gasteiger partial charge in [0.05, 0.1) is 14.2 Å². The molecular formula is C18H14N2O3. The first kappa shape index (κ1) is 14.7. The lowest BCUT2D eigenvalue weighted by Crippen LogP contribution is -1.90. The van der Waals surface area contributed by atoms with Gasteiger partial charge in [0.25, 0.3) is 0 Å². The highest BCUT2D eigenvalue weighted by Crippen LogP contribution is 2.29. The predicted molar refractivity (Wildman–Crippen MR) is 87.0 cm³/mol. The number of allylic oxidation sites excluding steroid dienone is 1. The molecule has 0 aliphatic heterocycles. The molecule has 3 aromatic rings. The van der Waals surface area contributed by atoms with Crippen molar-refractivity contribution in [1.82, 2.24) is 4.98 Å². The zero-order valence-electron chi connectivity index (χ0n) is 12.7. The molecule has 0 aliphatic carbocycles. The molecular weight excluding hydrogens is 292 g/mol. The lowest BCUT2D eigenvalue weighted by molar-refractivity contribution is 0.402. The van der Waals surface area contributed by atoms with Crippen LogP contribution >= 0.6 is 0 Å². The monoisotopic (exact) mass is 306 g/mol. The Labute approximate surface area is 133 Å². The van der Waals surface area contributed by atoms with Crippen LogP contribution in [0.2, 0.25) is 0 Å². The molecule has 0 bridgehead atoms. The summed E-state index contributed by atoms with van der Waals surface area (Å²) in [6.45, 7) is 0. The Hall–Kier alpha value is -3.26. The van der Waals surface area contributed by atoms with Crippen molar-refractivity contribution in [2.24, 2.45) is 0 Å². The maximum Gasteiger partial charge on any atom is 0.238 e. The molecule has 0 unspecified atom stereocenters. The highest BCUT2D eigenvalue weighted by Gasteiger charge is 2.12. The molecule has 3 rings (SSSR count). The molecule has 23 heavy (non-hydrogen) atoms. The molecule has 0 radical (unpaired) electrons. The predicted octanol–water partition coefficient (Wildman–Crippen LogP) is 3.91. The van der Waals surface area contributed by atoms with E-state index in [2.05, 4.69) is 11.1 Å². The molecule has 0 atom stereocenters. The highest BCUT2D eigenvalue weighted by atomic mass is 16.5. The number of methoxy groups -OCH3 is 2. The van der Waals surface area contributed by atoms with Gasteiger partial charge in [-0.15, -0.1) is 0 Å². The fourth-order valence-electron chi connectivity index (χ4n) is 2.24. The first-order valence-electron chi connectivity index (χ1n) is 6.95. The molecule has 0 saturated carbocycles. The standard InChI is InChI=1S/C18H14N2O3/c1-21-14-7-8-16(22-2)12(10-14)9-13(11-19)18-20-15-5-3-4-6-17(15)23-18/h3-10H,1-2H3. The normalized spacial score (nSPS) is 11.3. The first-order valence-corrected chi connectivity index (χ1v) is 6.95. The van der Waals surface area contributed by atoms with E-state index in [9.17, 15) is 5.26 Å². The Bertz CT molecular complexity index is 886. The Morgan fingerprint density at radius 2 is 2.00 bits per heavy atom. The Morgan fingerprint density at radius 1 is 1.17 bits per heavy atom. The smallest absolute Gasteiger partial charge is 0.238 e. The zero-order valence-corrected chi connectivity index (χ0v) is 12.7. The maximum atomic E-state index is 9.47. The summed E-state index contributed by atoms with van der Waals surface area (Å²) in [6.07, 6.45) is 1.67. The van der Waals surface area contributed by atoms with Crippen LogP contribution in [0.5, 0.6) is 11.5 Å². The summed E-state index contributed by atoms with van der Waals surface area (Å²) < 4.78 is 16.2. The van der Waals surface area contributed by atoms with Crippen molar-refractivity contribution in [1.29, 1.82) is 5.26 Å². The minimum atomic E-state index is 0.276. The Morgan fingerprint density at radius 3 is 2.70 bits per heavy atom. The van der Waals surface area contributed by atoms with Crippen molar-refractivity contribution in [3.63, 3.8) is 0 Å². The summed E-state index contributed by atoms with van der Waals surface area (Å²) in [5, 5.41) is 9.47. The SMILES string of the molecule is COc1ccc(OC)c(C=C(C#N)c2nc3ccccc3o2)c1. The van der Waals surface area contributed by atoms with Crippen LogP contribution in [0.15, 0.2) is 46.9 Å². The van der Waals surface area contributed by atoms with Crippen molar-refractivity contribution in [3.05, 3.63) is 53.9 Å². The largest absolute Gasteiger partial charge is 0.497 e. The summed E-state index contributed by atoms with van der Waals surface area (Å²) in [4.78, 5) is 4.35. The highest BCUT2D eigenvalue weighted by molar-refractivity contribution is 5.90. The van der Waals surface area contributed by atoms with E-state index in [1.54, 1.807) is 38.5 Å². The minimum Gasteiger partial charge on any atom is -0.497 e. The third kappa shape index (κ3) is 2.87. The number of hydrogen-bond donors (Lipinski definition) is 0. The van der Waals surface area contributed by atoms with Crippen molar-refractivity contribution >= 4 is 22.7 Å². The quantitative estimate of drug-likeness (QED) is 0.684. The van der Waals surface area contributed by atoms with Crippen LogP contribution in [0.4, 0.5) is 0 Å². The van der Waals surface area contributed by atoms with Crippen LogP contribution in [-0.4, -0.2) is 19.2 Å². The molecule has 5 nitrogen and oxygen atoms in total. The summed E-state index contributed by atoms with van der Waals surface area (Å²) in [5.41, 5.74) is 2.38. The van der Waals surface area contributed by atoms with Crippen LogP contribution in [0.3, 0.4) is 0 Å². The van der Waals surface area contributed by atoms with E-state index in [0.717, 1.165) is 0 Å². The number of fused-ring (bicyclic) bond motifs is 1. The van der Waals surface area contributed by atoms with Gasteiger partial charge in [-0.25, -0.2) is 4.98 Å². The number of rotatable bonds is 4. The number of nitrogens with zero attached hydrogens (tertiary/aromatic N) is 2. The van der Waals surface area contributed by atoms with Gasteiger partial charge in [-0.1, -0.05) is 12.1 Å². The van der Waals surface area contributed by atoms with Crippen LogP contribution in [0.1, 0.15) is 11.5 Å². The van der Waals surface area contributed by atoms with E-state index >= 15 is 0 Å². The fourth-order valence-corrected chi connectivity index (χ4v) is 2.24. The van der Waals surface area contributed by atoms with Crippen LogP contribution in [0, 0.1) is 11.3 Å². The molecule has 5 heteroatoms. The van der Waals surface area contributed by atoms with Crippen molar-refractivity contribution < 1.29 is 13.9 Å². The minimum absolute atomic E-state index is 0.276. The number of aromatic nitrogens is 1. The van der Waals surface area contributed by atoms with E-state index in [1.165, 1.54) is 0 Å². The van der Waals surface area contributed by atoms with Crippen molar-refractivity contribution in [3.8, 4) is 17.6 Å². The van der Waals surface area contributed by atoms with Gasteiger partial charge < -0.3 is 13.9 Å². The fraction of sp³-hybridized carbons (Fsp3) is 0.111. The number of oxazole rings is 1. The van der Waals surface area contributed by atoms with E-state index in [-0.39, 0.29) is 5.89 Å². The van der Waals surface area contributed by atoms with Crippen LogP contribution in [-0.2, 0) is 0 Å². The number of nitriles is 1. The lowest BCUT2D eigenvalue weighted by Gasteiger charge is -2.07. The lowest BCUT2D eigenvalue weighted by atomic mass is 10.1. The molecule has 2 aromatic carbocycles. The van der Waals surface area contributed by atoms with E-state index in [4.69, 9.17) is 13.9 Å². The maximum absolute atomic E-state index is 9.47. The van der Waals surface area contributed by atoms with Gasteiger partial charge in [-0.3, -0.25) is 0 Å². The van der Waals surface area contributed by atoms with Gasteiger partial charge in [0, 0.05) is 5.56 Å².